The molecule has 1 N–H and O–H groups in total. The largest absolute Gasteiger partial charge is 0.481 e. The molecule has 1 heterocycles. The summed E-state index contributed by atoms with van der Waals surface area (Å²) >= 11 is 3.41. The van der Waals surface area contributed by atoms with Crippen LogP contribution in [0.25, 0.3) is 5.69 Å². The molecule has 0 saturated heterocycles. The van der Waals surface area contributed by atoms with Crippen LogP contribution in [0.15, 0.2) is 22.7 Å². The van der Waals surface area contributed by atoms with Gasteiger partial charge in [0.25, 0.3) is 0 Å². The van der Waals surface area contributed by atoms with E-state index >= 15 is 0 Å². The van der Waals surface area contributed by atoms with E-state index in [4.69, 9.17) is 5.11 Å². The Morgan fingerprint density at radius 3 is 2.83 bits per heavy atom. The molecule has 0 amide bonds. The second-order valence-electron chi connectivity index (χ2n) is 4.03. The van der Waals surface area contributed by atoms with Gasteiger partial charge < -0.3 is 5.11 Å². The quantitative estimate of drug-likeness (QED) is 0.944. The van der Waals surface area contributed by atoms with Gasteiger partial charge in [-0.3, -0.25) is 4.79 Å². The van der Waals surface area contributed by atoms with Crippen LogP contribution in [0.2, 0.25) is 0 Å². The molecular weight excluding hydrogens is 298 g/mol. The molecule has 0 radical (unpaired) electrons. The molecule has 0 unspecified atom stereocenters. The van der Waals surface area contributed by atoms with E-state index < -0.39 is 5.97 Å². The minimum Gasteiger partial charge on any atom is -0.481 e. The van der Waals surface area contributed by atoms with Gasteiger partial charge in [0.15, 0.2) is 0 Å². The standard InChI is InChI=1S/C12H12BrN3O2/c1-7-3-4-9(13)5-11(7)16-8(2)10(14-15-16)6-12(17)18/h3-5H,6H2,1-2H3,(H,17,18). The minimum absolute atomic E-state index is 0.112. The van der Waals surface area contributed by atoms with Crippen LogP contribution < -0.4 is 0 Å². The molecule has 94 valence electrons. The van der Waals surface area contributed by atoms with Crippen LogP contribution in [0.4, 0.5) is 0 Å². The molecule has 18 heavy (non-hydrogen) atoms. The number of aryl methyl sites for hydroxylation is 1. The fourth-order valence-electron chi connectivity index (χ4n) is 1.71. The number of hydrogen-bond acceptors (Lipinski definition) is 3. The van der Waals surface area contributed by atoms with Gasteiger partial charge in [-0.05, 0) is 31.5 Å². The normalized spacial score (nSPS) is 10.6. The van der Waals surface area contributed by atoms with Crippen molar-refractivity contribution in [3.63, 3.8) is 0 Å². The number of carboxylic acids is 1. The molecule has 0 atom stereocenters. The molecule has 2 rings (SSSR count). The average molecular weight is 310 g/mol. The van der Waals surface area contributed by atoms with Crippen molar-refractivity contribution in [2.75, 3.05) is 0 Å². The van der Waals surface area contributed by atoms with Gasteiger partial charge in [-0.2, -0.15) is 0 Å². The second-order valence-corrected chi connectivity index (χ2v) is 4.95. The topological polar surface area (TPSA) is 68.0 Å². The van der Waals surface area contributed by atoms with Crippen LogP contribution in [0, 0.1) is 13.8 Å². The van der Waals surface area contributed by atoms with Crippen LogP contribution in [-0.4, -0.2) is 26.1 Å². The van der Waals surface area contributed by atoms with Gasteiger partial charge in [0.05, 0.1) is 23.5 Å². The summed E-state index contributed by atoms with van der Waals surface area (Å²) in [4.78, 5) is 10.7. The summed E-state index contributed by atoms with van der Waals surface area (Å²) in [5, 5.41) is 16.7. The molecule has 0 fully saturated rings. The van der Waals surface area contributed by atoms with E-state index in [0.29, 0.717) is 5.69 Å². The van der Waals surface area contributed by atoms with Crippen LogP contribution in [-0.2, 0) is 11.2 Å². The van der Waals surface area contributed by atoms with Crippen molar-refractivity contribution in [2.24, 2.45) is 0 Å². The van der Waals surface area contributed by atoms with E-state index in [9.17, 15) is 4.79 Å². The Bertz CT molecular complexity index is 607. The molecule has 0 aliphatic heterocycles. The number of benzene rings is 1. The predicted octanol–water partition coefficient (Wildman–Crippen LogP) is 2.27. The summed E-state index contributed by atoms with van der Waals surface area (Å²) < 4.78 is 2.61. The Hall–Kier alpha value is -1.69. The Morgan fingerprint density at radius 2 is 2.17 bits per heavy atom. The zero-order valence-corrected chi connectivity index (χ0v) is 11.6. The molecule has 5 nitrogen and oxygen atoms in total. The zero-order chi connectivity index (χ0) is 13.3. The molecule has 0 saturated carbocycles. The first-order chi connectivity index (χ1) is 8.49. The fourth-order valence-corrected chi connectivity index (χ4v) is 2.06. The molecular formula is C12H12BrN3O2. The highest BCUT2D eigenvalue weighted by Crippen LogP contribution is 2.21. The molecule has 6 heteroatoms. The van der Waals surface area contributed by atoms with E-state index in [1.54, 1.807) is 4.68 Å². The third-order valence-corrected chi connectivity index (χ3v) is 3.20. The summed E-state index contributed by atoms with van der Waals surface area (Å²) in [5.41, 5.74) is 3.18. The number of nitrogens with zero attached hydrogens (tertiary/aromatic N) is 3. The molecule has 0 bridgehead atoms. The Kier molecular flexibility index (Phi) is 3.47. The highest BCUT2D eigenvalue weighted by Gasteiger charge is 2.14. The van der Waals surface area contributed by atoms with Crippen LogP contribution >= 0.6 is 15.9 Å². The van der Waals surface area contributed by atoms with Crippen molar-refractivity contribution in [3.8, 4) is 5.69 Å². The zero-order valence-electron chi connectivity index (χ0n) is 10.0. The monoisotopic (exact) mass is 309 g/mol. The summed E-state index contributed by atoms with van der Waals surface area (Å²) in [6, 6.07) is 5.85. The molecule has 0 spiro atoms. The predicted molar refractivity (Wildman–Crippen MR) is 69.9 cm³/mol. The summed E-state index contributed by atoms with van der Waals surface area (Å²) in [7, 11) is 0. The van der Waals surface area contributed by atoms with E-state index in [-0.39, 0.29) is 6.42 Å². The first kappa shape index (κ1) is 12.8. The number of halogens is 1. The van der Waals surface area contributed by atoms with Crippen molar-refractivity contribution in [2.45, 2.75) is 20.3 Å². The van der Waals surface area contributed by atoms with Gasteiger partial charge in [-0.1, -0.05) is 27.2 Å². The fraction of sp³-hybridized carbons (Fsp3) is 0.250. The molecule has 0 aliphatic carbocycles. The van der Waals surface area contributed by atoms with Gasteiger partial charge in [0, 0.05) is 4.47 Å². The minimum atomic E-state index is -0.906. The van der Waals surface area contributed by atoms with Crippen LogP contribution in [0.3, 0.4) is 0 Å². The number of carbonyl (C=O) groups is 1. The maximum Gasteiger partial charge on any atom is 0.309 e. The van der Waals surface area contributed by atoms with E-state index in [1.807, 2.05) is 32.0 Å². The van der Waals surface area contributed by atoms with Crippen LogP contribution in [0.5, 0.6) is 0 Å². The van der Waals surface area contributed by atoms with Crippen LogP contribution in [0.1, 0.15) is 17.0 Å². The number of rotatable bonds is 3. The third-order valence-electron chi connectivity index (χ3n) is 2.71. The highest BCUT2D eigenvalue weighted by atomic mass is 79.9. The Balaban J connectivity index is 2.48. The Morgan fingerprint density at radius 1 is 1.44 bits per heavy atom. The van der Waals surface area contributed by atoms with Crippen molar-refractivity contribution in [1.29, 1.82) is 0 Å². The van der Waals surface area contributed by atoms with E-state index in [1.165, 1.54) is 0 Å². The van der Waals surface area contributed by atoms with Crippen molar-refractivity contribution < 1.29 is 9.90 Å². The molecule has 1 aromatic heterocycles. The van der Waals surface area contributed by atoms with Gasteiger partial charge in [-0.15, -0.1) is 5.10 Å². The van der Waals surface area contributed by atoms with Gasteiger partial charge >= 0.3 is 5.97 Å². The second kappa shape index (κ2) is 4.89. The molecule has 0 aliphatic rings. The summed E-state index contributed by atoms with van der Waals surface area (Å²) in [6.07, 6.45) is -0.112. The Labute approximate surface area is 113 Å². The maximum absolute atomic E-state index is 10.7. The van der Waals surface area contributed by atoms with Gasteiger partial charge in [0.1, 0.15) is 0 Å². The molecule has 1 aromatic carbocycles. The molecule has 2 aromatic rings. The van der Waals surface area contributed by atoms with Gasteiger partial charge in [-0.25, -0.2) is 4.68 Å². The SMILES string of the molecule is Cc1ccc(Br)cc1-n1nnc(CC(=O)O)c1C. The number of hydrogen-bond donors (Lipinski definition) is 1. The average Bonchev–Trinajstić information content (AvgIpc) is 2.64. The van der Waals surface area contributed by atoms with Crippen molar-refractivity contribution in [3.05, 3.63) is 39.6 Å². The lowest BCUT2D eigenvalue weighted by atomic mass is 10.2. The third kappa shape index (κ3) is 2.43. The van der Waals surface area contributed by atoms with Gasteiger partial charge in [0.2, 0.25) is 0 Å². The summed E-state index contributed by atoms with van der Waals surface area (Å²) in [6.45, 7) is 3.79. The lowest BCUT2D eigenvalue weighted by Crippen LogP contribution is -2.04. The first-order valence-electron chi connectivity index (χ1n) is 5.38. The first-order valence-corrected chi connectivity index (χ1v) is 6.18. The van der Waals surface area contributed by atoms with Crippen molar-refractivity contribution in [1.82, 2.24) is 15.0 Å². The lowest BCUT2D eigenvalue weighted by Gasteiger charge is -2.07. The number of aromatic nitrogens is 3. The van der Waals surface area contributed by atoms with E-state index in [0.717, 1.165) is 21.4 Å². The van der Waals surface area contributed by atoms with E-state index in [2.05, 4.69) is 26.2 Å². The van der Waals surface area contributed by atoms with Crippen molar-refractivity contribution >= 4 is 21.9 Å². The smallest absolute Gasteiger partial charge is 0.309 e. The summed E-state index contributed by atoms with van der Waals surface area (Å²) in [5.74, 6) is -0.906. The maximum atomic E-state index is 10.7. The number of carboxylic acid groups (broad SMARTS) is 1. The lowest BCUT2D eigenvalue weighted by molar-refractivity contribution is -0.136. The highest BCUT2D eigenvalue weighted by molar-refractivity contribution is 9.10. The number of aliphatic carboxylic acids is 1.